The highest BCUT2D eigenvalue weighted by atomic mass is 16.6. The fourth-order valence-corrected chi connectivity index (χ4v) is 3.59. The van der Waals surface area contributed by atoms with Gasteiger partial charge in [0, 0.05) is 6.42 Å². The van der Waals surface area contributed by atoms with E-state index in [0.717, 1.165) is 0 Å². The van der Waals surface area contributed by atoms with E-state index >= 15 is 0 Å². The van der Waals surface area contributed by atoms with Gasteiger partial charge in [-0.1, -0.05) is 38.5 Å². The summed E-state index contributed by atoms with van der Waals surface area (Å²) in [5.41, 5.74) is -0.726. The van der Waals surface area contributed by atoms with Gasteiger partial charge in [0.05, 0.1) is 13.1 Å². The lowest BCUT2D eigenvalue weighted by molar-refractivity contribution is -0.148. The average Bonchev–Trinajstić information content (AvgIpc) is 3.18. The number of nitrogens with zero attached hydrogens (tertiary/aromatic N) is 1. The molecule has 1 heterocycles. The van der Waals surface area contributed by atoms with E-state index < -0.39 is 54.2 Å². The van der Waals surface area contributed by atoms with Crippen LogP contribution in [0.5, 0.6) is 5.75 Å². The van der Waals surface area contributed by atoms with Crippen molar-refractivity contribution in [3.63, 3.8) is 0 Å². The molecular weight excluding hydrogens is 442 g/mol. The van der Waals surface area contributed by atoms with E-state index in [2.05, 4.69) is 10.6 Å². The summed E-state index contributed by atoms with van der Waals surface area (Å²) in [6.45, 7) is 8.51. The van der Waals surface area contributed by atoms with Gasteiger partial charge in [0.1, 0.15) is 29.5 Å². The second kappa shape index (κ2) is 11.7. The molecule has 1 fully saturated rings. The monoisotopic (exact) mass is 477 g/mol. The summed E-state index contributed by atoms with van der Waals surface area (Å²) in [6, 6.07) is 7.00. The van der Waals surface area contributed by atoms with Gasteiger partial charge < -0.3 is 30.1 Å². The Morgan fingerprint density at radius 1 is 1.18 bits per heavy atom. The van der Waals surface area contributed by atoms with Crippen LogP contribution in [0.2, 0.25) is 0 Å². The van der Waals surface area contributed by atoms with E-state index in [-0.39, 0.29) is 18.9 Å². The standard InChI is InChI=1S/C24H35N3O7/c1-6-15(2)20(26-23(32)34-24(3,4)5)21(29)25-13-19(28)27-14-17(12-18(27)22(30)31)33-16-10-8-7-9-11-16/h7-11,15,17-18,20H,6,12-14H2,1-5H3,(H,25,29)(H,26,32)(H,30,31)/t15-,17?,18?,20-/m0/s1. The van der Waals surface area contributed by atoms with Crippen LogP contribution in [-0.4, -0.2) is 70.8 Å². The van der Waals surface area contributed by atoms with Gasteiger partial charge in [0.15, 0.2) is 0 Å². The summed E-state index contributed by atoms with van der Waals surface area (Å²) in [7, 11) is 0. The van der Waals surface area contributed by atoms with Crippen molar-refractivity contribution in [2.45, 2.75) is 71.2 Å². The van der Waals surface area contributed by atoms with Crippen LogP contribution in [0.1, 0.15) is 47.5 Å². The zero-order valence-electron chi connectivity index (χ0n) is 20.4. The number of carbonyl (C=O) groups is 4. The molecule has 1 saturated heterocycles. The molecule has 34 heavy (non-hydrogen) atoms. The molecule has 0 aliphatic carbocycles. The lowest BCUT2D eigenvalue weighted by Gasteiger charge is -2.27. The maximum atomic E-state index is 12.8. The first-order valence-corrected chi connectivity index (χ1v) is 11.4. The van der Waals surface area contributed by atoms with Crippen molar-refractivity contribution in [2.24, 2.45) is 5.92 Å². The van der Waals surface area contributed by atoms with E-state index in [1.807, 2.05) is 13.0 Å². The third kappa shape index (κ3) is 7.93. The second-order valence-electron chi connectivity index (χ2n) is 9.42. The molecule has 1 aliphatic rings. The molecule has 1 aliphatic heterocycles. The number of rotatable bonds is 9. The molecule has 2 rings (SSSR count). The molecule has 0 bridgehead atoms. The molecule has 0 aromatic heterocycles. The normalized spacial score (nSPS) is 19.6. The van der Waals surface area contributed by atoms with Crippen molar-refractivity contribution in [3.8, 4) is 5.75 Å². The summed E-state index contributed by atoms with van der Waals surface area (Å²) in [4.78, 5) is 50.7. The van der Waals surface area contributed by atoms with Crippen LogP contribution in [0.25, 0.3) is 0 Å². The van der Waals surface area contributed by atoms with Crippen molar-refractivity contribution < 1.29 is 33.8 Å². The number of ether oxygens (including phenoxy) is 2. The largest absolute Gasteiger partial charge is 0.488 e. The van der Waals surface area contributed by atoms with Crippen LogP contribution < -0.4 is 15.4 Å². The van der Waals surface area contributed by atoms with Crippen LogP contribution in [-0.2, 0) is 19.1 Å². The second-order valence-corrected chi connectivity index (χ2v) is 9.42. The maximum absolute atomic E-state index is 12.8. The Bertz CT molecular complexity index is 869. The predicted molar refractivity (Wildman–Crippen MR) is 124 cm³/mol. The van der Waals surface area contributed by atoms with Crippen molar-refractivity contribution in [3.05, 3.63) is 30.3 Å². The van der Waals surface area contributed by atoms with Crippen molar-refractivity contribution in [2.75, 3.05) is 13.1 Å². The van der Waals surface area contributed by atoms with Crippen LogP contribution in [0, 0.1) is 5.92 Å². The zero-order chi connectivity index (χ0) is 25.5. The minimum atomic E-state index is -1.14. The quantitative estimate of drug-likeness (QED) is 0.496. The van der Waals surface area contributed by atoms with E-state index in [4.69, 9.17) is 9.47 Å². The summed E-state index contributed by atoms with van der Waals surface area (Å²) >= 11 is 0. The van der Waals surface area contributed by atoms with Gasteiger partial charge in [0.25, 0.3) is 0 Å². The predicted octanol–water partition coefficient (Wildman–Crippen LogP) is 2.18. The number of benzene rings is 1. The maximum Gasteiger partial charge on any atom is 0.408 e. The van der Waals surface area contributed by atoms with Crippen LogP contribution in [0.4, 0.5) is 4.79 Å². The number of likely N-dealkylation sites (tertiary alicyclic amines) is 1. The molecule has 0 saturated carbocycles. The van der Waals surface area contributed by atoms with Crippen LogP contribution in [0.3, 0.4) is 0 Å². The summed E-state index contributed by atoms with van der Waals surface area (Å²) in [5, 5.41) is 14.7. The number of hydrogen-bond donors (Lipinski definition) is 3. The Balaban J connectivity index is 1.99. The number of nitrogens with one attached hydrogen (secondary N) is 2. The number of hydrogen-bond acceptors (Lipinski definition) is 6. The Hall–Kier alpha value is -3.30. The lowest BCUT2D eigenvalue weighted by atomic mass is 9.98. The van der Waals surface area contributed by atoms with Crippen LogP contribution >= 0.6 is 0 Å². The molecule has 4 atom stereocenters. The van der Waals surface area contributed by atoms with Gasteiger partial charge in [0.2, 0.25) is 11.8 Å². The average molecular weight is 478 g/mol. The smallest absolute Gasteiger partial charge is 0.408 e. The van der Waals surface area contributed by atoms with E-state index in [1.165, 1.54) is 4.90 Å². The molecule has 0 spiro atoms. The van der Waals surface area contributed by atoms with Crippen molar-refractivity contribution in [1.82, 2.24) is 15.5 Å². The summed E-state index contributed by atoms with van der Waals surface area (Å²) < 4.78 is 11.1. The van der Waals surface area contributed by atoms with Gasteiger partial charge in [-0.3, -0.25) is 9.59 Å². The highest BCUT2D eigenvalue weighted by molar-refractivity contribution is 5.91. The van der Waals surface area contributed by atoms with Gasteiger partial charge >= 0.3 is 12.1 Å². The molecule has 3 amide bonds. The van der Waals surface area contributed by atoms with E-state index in [0.29, 0.717) is 12.2 Å². The van der Waals surface area contributed by atoms with Crippen molar-refractivity contribution in [1.29, 1.82) is 0 Å². The SMILES string of the molecule is CC[C@H](C)[C@H](NC(=O)OC(C)(C)C)C(=O)NCC(=O)N1CC(Oc2ccccc2)CC1C(=O)O. The topological polar surface area (TPSA) is 134 Å². The first kappa shape index (κ1) is 26.9. The number of carboxylic acid groups (broad SMARTS) is 1. The zero-order valence-corrected chi connectivity index (χ0v) is 20.4. The highest BCUT2D eigenvalue weighted by Gasteiger charge is 2.41. The fourth-order valence-electron chi connectivity index (χ4n) is 3.59. The minimum Gasteiger partial charge on any atom is -0.488 e. The number of aliphatic carboxylic acids is 1. The molecule has 2 unspecified atom stereocenters. The van der Waals surface area contributed by atoms with Gasteiger partial charge in [-0.05, 0) is 38.8 Å². The summed E-state index contributed by atoms with van der Waals surface area (Å²) in [6.07, 6.45) is -0.469. The first-order valence-electron chi connectivity index (χ1n) is 11.4. The molecule has 10 nitrogen and oxygen atoms in total. The third-order valence-corrected chi connectivity index (χ3v) is 5.50. The van der Waals surface area contributed by atoms with E-state index in [9.17, 15) is 24.3 Å². The molecule has 3 N–H and O–H groups in total. The Kier molecular flexibility index (Phi) is 9.28. The molecule has 1 aromatic rings. The molecule has 1 aromatic carbocycles. The number of carbonyl (C=O) groups excluding carboxylic acids is 3. The minimum absolute atomic E-state index is 0.0888. The third-order valence-electron chi connectivity index (χ3n) is 5.50. The Labute approximate surface area is 200 Å². The fraction of sp³-hybridized carbons (Fsp3) is 0.583. The van der Waals surface area contributed by atoms with Crippen molar-refractivity contribution >= 4 is 23.9 Å². The van der Waals surface area contributed by atoms with Crippen LogP contribution in [0.15, 0.2) is 30.3 Å². The highest BCUT2D eigenvalue weighted by Crippen LogP contribution is 2.23. The molecule has 0 radical (unpaired) electrons. The number of carboxylic acids is 1. The number of alkyl carbamates (subject to hydrolysis) is 1. The van der Waals surface area contributed by atoms with Gasteiger partial charge in [-0.2, -0.15) is 0 Å². The molecule has 188 valence electrons. The van der Waals surface area contributed by atoms with Gasteiger partial charge in [-0.25, -0.2) is 9.59 Å². The Morgan fingerprint density at radius 2 is 1.82 bits per heavy atom. The van der Waals surface area contributed by atoms with Gasteiger partial charge in [-0.15, -0.1) is 0 Å². The van der Waals surface area contributed by atoms with E-state index in [1.54, 1.807) is 52.0 Å². The molecule has 10 heteroatoms. The number of para-hydroxylation sites is 1. The lowest BCUT2D eigenvalue weighted by Crippen LogP contribution is -2.53. The first-order chi connectivity index (χ1) is 15.9. The number of amides is 3. The summed E-state index contributed by atoms with van der Waals surface area (Å²) in [5.74, 6) is -1.85. The molecular formula is C24H35N3O7. The Morgan fingerprint density at radius 3 is 2.38 bits per heavy atom.